The van der Waals surface area contributed by atoms with Gasteiger partial charge in [0, 0.05) is 45.0 Å². The molecule has 2 aliphatic heterocycles. The van der Waals surface area contributed by atoms with Gasteiger partial charge in [-0.05, 0) is 13.3 Å². The monoisotopic (exact) mass is 293 g/mol. The second-order valence-corrected chi connectivity index (χ2v) is 5.63. The molecule has 7 heteroatoms. The van der Waals surface area contributed by atoms with Crippen LogP contribution < -0.4 is 5.73 Å². The number of nitrogens with zero attached hydrogens (tertiary/aromatic N) is 4. The van der Waals surface area contributed by atoms with Crippen molar-refractivity contribution >= 4 is 11.6 Å². The van der Waals surface area contributed by atoms with Crippen LogP contribution in [0.5, 0.6) is 0 Å². The van der Waals surface area contributed by atoms with E-state index in [4.69, 9.17) is 10.5 Å². The molecule has 0 aromatic carbocycles. The maximum absolute atomic E-state index is 12.6. The van der Waals surface area contributed by atoms with Gasteiger partial charge in [0.1, 0.15) is 0 Å². The molecule has 1 aromatic rings. The van der Waals surface area contributed by atoms with E-state index in [0.29, 0.717) is 24.0 Å². The van der Waals surface area contributed by atoms with Gasteiger partial charge >= 0.3 is 0 Å². The minimum absolute atomic E-state index is 0.0459. The molecule has 1 amide bonds. The van der Waals surface area contributed by atoms with Crippen molar-refractivity contribution in [2.75, 3.05) is 45.1 Å². The Labute approximate surface area is 124 Å². The summed E-state index contributed by atoms with van der Waals surface area (Å²) in [5.41, 5.74) is 6.76. The van der Waals surface area contributed by atoms with Crippen molar-refractivity contribution in [2.24, 2.45) is 0 Å². The van der Waals surface area contributed by atoms with Crippen LogP contribution in [0.3, 0.4) is 0 Å². The summed E-state index contributed by atoms with van der Waals surface area (Å²) in [7, 11) is 0. The molecule has 1 atom stereocenters. The first-order valence-electron chi connectivity index (χ1n) is 7.63. The third-order valence-electron chi connectivity index (χ3n) is 4.33. The number of carbonyl (C=O) groups is 1. The number of likely N-dealkylation sites (tertiary alicyclic amines) is 1. The van der Waals surface area contributed by atoms with Crippen LogP contribution in [-0.2, 0) is 11.3 Å². The van der Waals surface area contributed by atoms with Crippen LogP contribution in [0.1, 0.15) is 23.8 Å². The molecule has 0 saturated carbocycles. The molecular weight excluding hydrogens is 270 g/mol. The standard InChI is InChI=1S/C14H23N5O2/c1-2-19-10-12(15)13(16-19)14(20)18-4-3-11(9-18)17-5-7-21-8-6-17/h10-11H,2-9,15H2,1H3. The van der Waals surface area contributed by atoms with Gasteiger partial charge in [-0.15, -0.1) is 0 Å². The highest BCUT2D eigenvalue weighted by Crippen LogP contribution is 2.20. The number of ether oxygens (including phenoxy) is 1. The number of carbonyl (C=O) groups excluding carboxylic acids is 1. The molecule has 2 N–H and O–H groups in total. The Hall–Kier alpha value is -1.60. The van der Waals surface area contributed by atoms with Crippen LogP contribution in [0.2, 0.25) is 0 Å². The van der Waals surface area contributed by atoms with Crippen molar-refractivity contribution in [2.45, 2.75) is 25.9 Å². The third kappa shape index (κ3) is 2.89. The van der Waals surface area contributed by atoms with Crippen LogP contribution in [0.15, 0.2) is 6.20 Å². The number of amides is 1. The van der Waals surface area contributed by atoms with Gasteiger partial charge in [-0.2, -0.15) is 5.10 Å². The third-order valence-corrected chi connectivity index (χ3v) is 4.33. The number of morpholine rings is 1. The fourth-order valence-electron chi connectivity index (χ4n) is 3.08. The van der Waals surface area contributed by atoms with Crippen LogP contribution in [0.25, 0.3) is 0 Å². The lowest BCUT2D eigenvalue weighted by Gasteiger charge is -2.32. The largest absolute Gasteiger partial charge is 0.396 e. The first-order valence-corrected chi connectivity index (χ1v) is 7.63. The lowest BCUT2D eigenvalue weighted by Crippen LogP contribution is -2.45. The zero-order chi connectivity index (χ0) is 14.8. The Morgan fingerprint density at radius 3 is 2.86 bits per heavy atom. The highest BCUT2D eigenvalue weighted by Gasteiger charge is 2.33. The molecule has 2 fully saturated rings. The smallest absolute Gasteiger partial charge is 0.276 e. The second-order valence-electron chi connectivity index (χ2n) is 5.63. The fraction of sp³-hybridized carbons (Fsp3) is 0.714. The van der Waals surface area contributed by atoms with Crippen LogP contribution in [-0.4, -0.2) is 70.9 Å². The molecule has 2 aliphatic rings. The van der Waals surface area contributed by atoms with Gasteiger partial charge in [-0.25, -0.2) is 0 Å². The van der Waals surface area contributed by atoms with Crippen molar-refractivity contribution < 1.29 is 9.53 Å². The molecule has 3 rings (SSSR count). The number of aryl methyl sites for hydroxylation is 1. The van der Waals surface area contributed by atoms with Gasteiger partial charge in [0.05, 0.1) is 18.9 Å². The zero-order valence-electron chi connectivity index (χ0n) is 12.5. The molecule has 0 spiro atoms. The molecule has 1 unspecified atom stereocenters. The van der Waals surface area contributed by atoms with Crippen molar-refractivity contribution in [3.63, 3.8) is 0 Å². The van der Waals surface area contributed by atoms with Crippen molar-refractivity contribution in [3.05, 3.63) is 11.9 Å². The maximum atomic E-state index is 12.6. The predicted octanol–water partition coefficient (Wildman–Crippen LogP) is 0.0319. The molecule has 3 heterocycles. The Morgan fingerprint density at radius 2 is 2.19 bits per heavy atom. The molecule has 0 bridgehead atoms. The van der Waals surface area contributed by atoms with Crippen LogP contribution in [0, 0.1) is 0 Å². The Balaban J connectivity index is 1.64. The van der Waals surface area contributed by atoms with E-state index in [-0.39, 0.29) is 5.91 Å². The van der Waals surface area contributed by atoms with E-state index < -0.39 is 0 Å². The Kier molecular flexibility index (Phi) is 4.12. The molecule has 116 valence electrons. The summed E-state index contributed by atoms with van der Waals surface area (Å²) in [6.07, 6.45) is 2.74. The van der Waals surface area contributed by atoms with E-state index in [1.807, 2.05) is 11.8 Å². The summed E-state index contributed by atoms with van der Waals surface area (Å²) in [5, 5.41) is 4.28. The summed E-state index contributed by atoms with van der Waals surface area (Å²) < 4.78 is 7.09. The quantitative estimate of drug-likeness (QED) is 0.851. The SMILES string of the molecule is CCn1cc(N)c(C(=O)N2CCC(N3CCOCC3)C2)n1. The van der Waals surface area contributed by atoms with Gasteiger partial charge in [-0.3, -0.25) is 14.4 Å². The van der Waals surface area contributed by atoms with Crippen LogP contribution in [0.4, 0.5) is 5.69 Å². The molecular formula is C14H23N5O2. The van der Waals surface area contributed by atoms with E-state index in [1.54, 1.807) is 10.9 Å². The Morgan fingerprint density at radius 1 is 1.43 bits per heavy atom. The molecule has 0 radical (unpaired) electrons. The second kappa shape index (κ2) is 6.03. The van der Waals surface area contributed by atoms with Gasteiger partial charge in [0.15, 0.2) is 5.69 Å². The normalized spacial score (nSPS) is 23.7. The first-order chi connectivity index (χ1) is 10.2. The summed E-state index contributed by atoms with van der Waals surface area (Å²) in [6, 6.07) is 0.437. The summed E-state index contributed by atoms with van der Waals surface area (Å²) >= 11 is 0. The lowest BCUT2D eigenvalue weighted by molar-refractivity contribution is 0.0185. The summed E-state index contributed by atoms with van der Waals surface area (Å²) in [5.74, 6) is -0.0459. The molecule has 7 nitrogen and oxygen atoms in total. The number of nitrogen functional groups attached to an aromatic ring is 1. The van der Waals surface area contributed by atoms with Crippen molar-refractivity contribution in [1.29, 1.82) is 0 Å². The summed E-state index contributed by atoms with van der Waals surface area (Å²) in [6.45, 7) is 7.73. The maximum Gasteiger partial charge on any atom is 0.276 e. The van der Waals surface area contributed by atoms with E-state index in [9.17, 15) is 4.79 Å². The van der Waals surface area contributed by atoms with Crippen molar-refractivity contribution in [3.8, 4) is 0 Å². The lowest BCUT2D eigenvalue weighted by atomic mass is 10.2. The fourth-order valence-corrected chi connectivity index (χ4v) is 3.08. The van der Waals surface area contributed by atoms with Gasteiger partial charge in [-0.1, -0.05) is 0 Å². The highest BCUT2D eigenvalue weighted by atomic mass is 16.5. The minimum atomic E-state index is -0.0459. The molecule has 0 aliphatic carbocycles. The molecule has 2 saturated heterocycles. The Bertz CT molecular complexity index is 509. The van der Waals surface area contributed by atoms with Gasteiger partial charge in [0.2, 0.25) is 0 Å². The zero-order valence-corrected chi connectivity index (χ0v) is 12.5. The molecule has 1 aromatic heterocycles. The van der Waals surface area contributed by atoms with E-state index in [2.05, 4.69) is 10.00 Å². The number of nitrogens with two attached hydrogens (primary N) is 1. The van der Waals surface area contributed by atoms with E-state index in [0.717, 1.165) is 45.8 Å². The van der Waals surface area contributed by atoms with E-state index >= 15 is 0 Å². The minimum Gasteiger partial charge on any atom is -0.396 e. The number of hydrogen-bond donors (Lipinski definition) is 1. The number of aromatic nitrogens is 2. The number of hydrogen-bond acceptors (Lipinski definition) is 5. The topological polar surface area (TPSA) is 76.6 Å². The van der Waals surface area contributed by atoms with Crippen molar-refractivity contribution in [1.82, 2.24) is 19.6 Å². The van der Waals surface area contributed by atoms with Gasteiger partial charge in [0.25, 0.3) is 5.91 Å². The van der Waals surface area contributed by atoms with E-state index in [1.165, 1.54) is 0 Å². The average Bonchev–Trinajstić information content (AvgIpc) is 3.14. The average molecular weight is 293 g/mol. The number of rotatable bonds is 3. The van der Waals surface area contributed by atoms with Gasteiger partial charge < -0.3 is 15.4 Å². The number of anilines is 1. The van der Waals surface area contributed by atoms with Crippen LogP contribution >= 0.6 is 0 Å². The first kappa shape index (κ1) is 14.3. The summed E-state index contributed by atoms with van der Waals surface area (Å²) in [4.78, 5) is 16.8. The predicted molar refractivity (Wildman–Crippen MR) is 79.0 cm³/mol. The highest BCUT2D eigenvalue weighted by molar-refractivity contribution is 5.97. The molecule has 21 heavy (non-hydrogen) atoms.